The number of carbonyl (C=O) groups excluding carboxylic acids is 3. The van der Waals surface area contributed by atoms with E-state index in [1.807, 2.05) is 30.3 Å². The van der Waals surface area contributed by atoms with Gasteiger partial charge < -0.3 is 20.4 Å². The van der Waals surface area contributed by atoms with Gasteiger partial charge in [0.25, 0.3) is 5.91 Å². The van der Waals surface area contributed by atoms with E-state index in [1.54, 1.807) is 68.0 Å². The fraction of sp³-hybridized carbons (Fsp3) is 0.281. The minimum absolute atomic E-state index is 0.0488. The van der Waals surface area contributed by atoms with Crippen LogP contribution >= 0.6 is 0 Å². The van der Waals surface area contributed by atoms with Crippen molar-refractivity contribution in [3.63, 3.8) is 0 Å². The Morgan fingerprint density at radius 1 is 1.00 bits per heavy atom. The molecular weight excluding hydrogens is 594 g/mol. The largest absolute Gasteiger partial charge is 0.341 e. The van der Waals surface area contributed by atoms with Crippen molar-refractivity contribution < 1.29 is 22.8 Å². The summed E-state index contributed by atoms with van der Waals surface area (Å²) >= 11 is 0. The van der Waals surface area contributed by atoms with E-state index in [-0.39, 0.29) is 6.54 Å². The topological polar surface area (TPSA) is 158 Å². The van der Waals surface area contributed by atoms with E-state index in [0.29, 0.717) is 28.3 Å². The molecule has 12 nitrogen and oxygen atoms in total. The number of amides is 3. The maximum Gasteiger partial charge on any atom is 0.252 e. The van der Waals surface area contributed by atoms with E-state index in [9.17, 15) is 28.1 Å². The minimum Gasteiger partial charge on any atom is -0.341 e. The third-order valence-corrected chi connectivity index (χ3v) is 8.63. The summed E-state index contributed by atoms with van der Waals surface area (Å²) in [6.45, 7) is 3.20. The number of para-hydroxylation sites is 4. The Hall–Kier alpha value is -5.06. The molecular formula is C32H33N7O5S. The van der Waals surface area contributed by atoms with Gasteiger partial charge in [-0.3, -0.25) is 14.4 Å². The molecule has 0 saturated heterocycles. The first-order chi connectivity index (χ1) is 21.4. The van der Waals surface area contributed by atoms with E-state index in [4.69, 9.17) is 5.10 Å². The summed E-state index contributed by atoms with van der Waals surface area (Å²) in [6.07, 6.45) is 0.969. The molecule has 0 saturated carbocycles. The third kappa shape index (κ3) is 6.15. The summed E-state index contributed by atoms with van der Waals surface area (Å²) in [5.74, 6) is -2.47. The molecule has 232 valence electrons. The van der Waals surface area contributed by atoms with Gasteiger partial charge in [0.2, 0.25) is 11.8 Å². The van der Waals surface area contributed by atoms with Gasteiger partial charge in [-0.05, 0) is 51.2 Å². The second-order valence-electron chi connectivity index (χ2n) is 11.0. The molecule has 1 aliphatic rings. The van der Waals surface area contributed by atoms with Crippen LogP contribution in [-0.2, 0) is 30.8 Å². The molecule has 0 spiro atoms. The van der Waals surface area contributed by atoms with E-state index < -0.39 is 51.4 Å². The lowest BCUT2D eigenvalue weighted by Crippen LogP contribution is -2.60. The highest BCUT2D eigenvalue weighted by molar-refractivity contribution is 7.91. The molecule has 0 fully saturated rings. The van der Waals surface area contributed by atoms with Crippen LogP contribution in [0.2, 0.25) is 0 Å². The maximum absolute atomic E-state index is 14.5. The van der Waals surface area contributed by atoms with Crippen molar-refractivity contribution in [1.82, 2.24) is 20.4 Å². The summed E-state index contributed by atoms with van der Waals surface area (Å²) in [5.41, 5.74) is 2.90. The number of nitriles is 1. The minimum atomic E-state index is -3.72. The number of nitrogens with zero attached hydrogens (tertiary/aromatic N) is 5. The van der Waals surface area contributed by atoms with Gasteiger partial charge in [0.05, 0.1) is 52.5 Å². The summed E-state index contributed by atoms with van der Waals surface area (Å²) in [7, 11) is -2.11. The number of hydrogen-bond acceptors (Lipinski definition) is 8. The van der Waals surface area contributed by atoms with Crippen molar-refractivity contribution in [3.05, 3.63) is 84.1 Å². The molecule has 0 radical (unpaired) electrons. The smallest absolute Gasteiger partial charge is 0.252 e. The number of anilines is 2. The van der Waals surface area contributed by atoms with Crippen molar-refractivity contribution in [2.45, 2.75) is 38.5 Å². The lowest BCUT2D eigenvalue weighted by atomic mass is 10.1. The maximum atomic E-state index is 14.5. The zero-order valence-corrected chi connectivity index (χ0v) is 26.1. The summed E-state index contributed by atoms with van der Waals surface area (Å²) in [4.78, 5) is 43.9. The van der Waals surface area contributed by atoms with Gasteiger partial charge in [0, 0.05) is 11.6 Å². The molecule has 13 heteroatoms. The average molecular weight is 628 g/mol. The molecule has 4 aromatic rings. The number of benzene rings is 3. The van der Waals surface area contributed by atoms with Crippen LogP contribution in [0.15, 0.2) is 72.8 Å². The van der Waals surface area contributed by atoms with Crippen LogP contribution < -0.4 is 20.4 Å². The second kappa shape index (κ2) is 12.5. The van der Waals surface area contributed by atoms with Gasteiger partial charge in [-0.25, -0.2) is 13.1 Å². The number of sulfone groups is 1. The lowest BCUT2D eigenvalue weighted by Gasteiger charge is -2.32. The van der Waals surface area contributed by atoms with Crippen LogP contribution in [0, 0.1) is 11.3 Å². The monoisotopic (exact) mass is 627 g/mol. The van der Waals surface area contributed by atoms with Gasteiger partial charge in [-0.2, -0.15) is 10.4 Å². The highest BCUT2D eigenvalue weighted by atomic mass is 32.2. The normalized spacial score (nSPS) is 17.4. The molecule has 1 aromatic heterocycles. The molecule has 3 aromatic carbocycles. The van der Waals surface area contributed by atoms with Gasteiger partial charge in [0.15, 0.2) is 9.84 Å². The molecule has 0 bridgehead atoms. The van der Waals surface area contributed by atoms with E-state index in [1.165, 1.54) is 9.80 Å². The molecule has 3 amide bonds. The molecule has 3 atom stereocenters. The number of rotatable bonds is 8. The number of hydrogen-bond donors (Lipinski definition) is 2. The quantitative estimate of drug-likeness (QED) is 0.301. The number of fused-ring (bicyclic) bond motifs is 2. The fourth-order valence-electron chi connectivity index (χ4n) is 5.50. The Balaban J connectivity index is 1.68. The van der Waals surface area contributed by atoms with Crippen LogP contribution in [0.25, 0.3) is 16.6 Å². The molecule has 0 aliphatic carbocycles. The Labute approximate surface area is 261 Å². The number of carbonyl (C=O) groups is 3. The van der Waals surface area contributed by atoms with Crippen LogP contribution in [0.3, 0.4) is 0 Å². The lowest BCUT2D eigenvalue weighted by molar-refractivity contribution is -0.129. The average Bonchev–Trinajstić information content (AvgIpc) is 3.35. The fourth-order valence-corrected chi connectivity index (χ4v) is 6.09. The Bertz CT molecular complexity index is 1950. The molecule has 5 rings (SSSR count). The number of aromatic nitrogens is 2. The molecule has 2 N–H and O–H groups in total. The first kappa shape index (κ1) is 31.4. The number of likely N-dealkylation sites (N-methyl/N-ethyl adjacent to an activating group) is 1. The zero-order valence-electron chi connectivity index (χ0n) is 25.3. The highest BCUT2D eigenvalue weighted by Crippen LogP contribution is 2.37. The Morgan fingerprint density at radius 2 is 1.62 bits per heavy atom. The zero-order chi connectivity index (χ0) is 32.5. The first-order valence-corrected chi connectivity index (χ1v) is 16.3. The van der Waals surface area contributed by atoms with Gasteiger partial charge in [0.1, 0.15) is 17.9 Å². The Morgan fingerprint density at radius 3 is 2.29 bits per heavy atom. The molecule has 45 heavy (non-hydrogen) atoms. The summed E-state index contributed by atoms with van der Waals surface area (Å²) in [5, 5.41) is 21.0. The third-order valence-electron chi connectivity index (χ3n) is 7.86. The summed E-state index contributed by atoms with van der Waals surface area (Å²) in [6, 6.07) is 20.6. The van der Waals surface area contributed by atoms with Gasteiger partial charge in [-0.1, -0.05) is 42.5 Å². The molecule has 2 heterocycles. The number of nitrogens with one attached hydrogen (secondary N) is 2. The molecule has 0 unspecified atom stereocenters. The van der Waals surface area contributed by atoms with E-state index >= 15 is 0 Å². The van der Waals surface area contributed by atoms with Gasteiger partial charge >= 0.3 is 0 Å². The summed E-state index contributed by atoms with van der Waals surface area (Å²) < 4.78 is 26.1. The van der Waals surface area contributed by atoms with Crippen molar-refractivity contribution in [1.29, 1.82) is 5.26 Å². The predicted octanol–water partition coefficient (Wildman–Crippen LogP) is 2.30. The van der Waals surface area contributed by atoms with Crippen molar-refractivity contribution in [2.75, 3.05) is 28.9 Å². The standard InChI is InChI=1S/C32H33N7O5S/c1-20(34-3)31(41)35-30-21(2)38(29(40)19-45(4,43)44)28-16-10-9-15-27(28)37(32(30)42)18-24-23-12-6-8-14-26(23)39(36-24)25-13-7-5-11-22(25)17-33/h5-16,20-21,30,34H,18-19H2,1-4H3,(H,35,41)/t20-,21-,30-/m0/s1. The van der Waals surface area contributed by atoms with Crippen LogP contribution in [0.5, 0.6) is 0 Å². The Kier molecular flexibility index (Phi) is 8.72. The van der Waals surface area contributed by atoms with Crippen molar-refractivity contribution in [3.8, 4) is 11.8 Å². The van der Waals surface area contributed by atoms with Crippen LogP contribution in [-0.4, -0.2) is 73.1 Å². The van der Waals surface area contributed by atoms with Crippen molar-refractivity contribution >= 4 is 49.8 Å². The van der Waals surface area contributed by atoms with Gasteiger partial charge in [-0.15, -0.1) is 0 Å². The SMILES string of the molecule is CN[C@@H](C)C(=O)N[C@@H]1C(=O)N(Cc2nn(-c3ccccc3C#N)c3ccccc23)c2ccccc2N(C(=O)CS(C)(=O)=O)[C@H]1C. The van der Waals surface area contributed by atoms with Crippen molar-refractivity contribution in [2.24, 2.45) is 0 Å². The first-order valence-electron chi connectivity index (χ1n) is 14.3. The predicted molar refractivity (Wildman–Crippen MR) is 171 cm³/mol. The highest BCUT2D eigenvalue weighted by Gasteiger charge is 2.43. The van der Waals surface area contributed by atoms with Crippen LogP contribution in [0.1, 0.15) is 25.1 Å². The molecule has 1 aliphatic heterocycles. The van der Waals surface area contributed by atoms with E-state index in [2.05, 4.69) is 16.7 Å². The van der Waals surface area contributed by atoms with E-state index in [0.717, 1.165) is 17.2 Å². The second-order valence-corrected chi connectivity index (χ2v) is 13.1. The van der Waals surface area contributed by atoms with Crippen LogP contribution in [0.4, 0.5) is 11.4 Å².